The number of piperazine rings is 1. The molecule has 0 bridgehead atoms. The first-order chi connectivity index (χ1) is 18.8. The fourth-order valence-electron chi connectivity index (χ4n) is 4.95. The summed E-state index contributed by atoms with van der Waals surface area (Å²) in [6, 6.07) is 7.20. The third kappa shape index (κ3) is 5.22. The van der Waals surface area contributed by atoms with E-state index in [-0.39, 0.29) is 24.1 Å². The van der Waals surface area contributed by atoms with Crippen LogP contribution in [0, 0.1) is 5.82 Å². The quantitative estimate of drug-likeness (QED) is 0.328. The molecule has 12 heteroatoms. The summed E-state index contributed by atoms with van der Waals surface area (Å²) in [5.74, 6) is 1.02. The van der Waals surface area contributed by atoms with Crippen LogP contribution >= 0.6 is 0 Å². The molecule has 0 saturated carbocycles. The zero-order valence-corrected chi connectivity index (χ0v) is 22.0. The number of H-pyrrole nitrogens is 1. The van der Waals surface area contributed by atoms with Crippen LogP contribution in [0.1, 0.15) is 12.5 Å². The highest BCUT2D eigenvalue weighted by molar-refractivity contribution is 5.92. The summed E-state index contributed by atoms with van der Waals surface area (Å²) in [5.41, 5.74) is 8.33. The maximum Gasteiger partial charge on any atom is 0.245 e. The molecular formula is C27H30FN7O4. The van der Waals surface area contributed by atoms with Crippen molar-refractivity contribution in [3.05, 3.63) is 47.9 Å². The van der Waals surface area contributed by atoms with Crippen LogP contribution in [-0.4, -0.2) is 78.1 Å². The third-order valence-corrected chi connectivity index (χ3v) is 6.92. The highest BCUT2D eigenvalue weighted by Crippen LogP contribution is 2.34. The number of nitrogens with one attached hydrogen (secondary N) is 2. The maximum atomic E-state index is 13.6. The van der Waals surface area contributed by atoms with E-state index in [0.717, 1.165) is 10.9 Å². The molecule has 0 aliphatic carbocycles. The molecule has 4 N–H and O–H groups in total. The van der Waals surface area contributed by atoms with Crippen molar-refractivity contribution in [1.29, 1.82) is 0 Å². The number of rotatable bonds is 7. The SMILES string of the molecule is COc1cc2nc(N3CCN(C(=O)C(Cc4c[nH]c5cc(F)ccc45)NC(C)=O)CC3)nc(N)c2cc1OC. The molecule has 1 atom stereocenters. The Bertz CT molecular complexity index is 1550. The van der Waals surface area contributed by atoms with Gasteiger partial charge in [-0.2, -0.15) is 4.98 Å². The number of hydrogen-bond donors (Lipinski definition) is 3. The van der Waals surface area contributed by atoms with Crippen molar-refractivity contribution in [2.24, 2.45) is 0 Å². The number of halogens is 1. The summed E-state index contributed by atoms with van der Waals surface area (Å²) < 4.78 is 24.3. The Morgan fingerprint density at radius 2 is 1.79 bits per heavy atom. The van der Waals surface area contributed by atoms with Crippen molar-refractivity contribution in [3.8, 4) is 11.5 Å². The molecule has 1 saturated heterocycles. The molecule has 39 heavy (non-hydrogen) atoms. The van der Waals surface area contributed by atoms with E-state index in [2.05, 4.69) is 20.3 Å². The van der Waals surface area contributed by atoms with Crippen LogP contribution in [0.5, 0.6) is 11.5 Å². The Morgan fingerprint density at radius 3 is 2.49 bits per heavy atom. The minimum absolute atomic E-state index is 0.183. The number of nitrogens with zero attached hydrogens (tertiary/aromatic N) is 4. The van der Waals surface area contributed by atoms with Crippen molar-refractivity contribution < 1.29 is 23.5 Å². The Morgan fingerprint density at radius 1 is 1.08 bits per heavy atom. The second-order valence-corrected chi connectivity index (χ2v) is 9.41. The normalized spacial score (nSPS) is 14.5. The molecule has 11 nitrogen and oxygen atoms in total. The number of benzene rings is 2. The van der Waals surface area contributed by atoms with Crippen molar-refractivity contribution in [2.45, 2.75) is 19.4 Å². The molecule has 1 aliphatic rings. The topological polar surface area (TPSA) is 139 Å². The lowest BCUT2D eigenvalue weighted by Gasteiger charge is -2.36. The van der Waals surface area contributed by atoms with E-state index in [0.29, 0.717) is 65.9 Å². The fraction of sp³-hybridized carbons (Fsp3) is 0.333. The van der Waals surface area contributed by atoms with Gasteiger partial charge in [-0.1, -0.05) is 0 Å². The molecule has 4 aromatic rings. The lowest BCUT2D eigenvalue weighted by Crippen LogP contribution is -2.55. The highest BCUT2D eigenvalue weighted by atomic mass is 19.1. The van der Waals surface area contributed by atoms with Gasteiger partial charge in [-0.05, 0) is 29.8 Å². The first-order valence-electron chi connectivity index (χ1n) is 12.5. The minimum Gasteiger partial charge on any atom is -0.493 e. The summed E-state index contributed by atoms with van der Waals surface area (Å²) >= 11 is 0. The fourth-order valence-corrected chi connectivity index (χ4v) is 4.95. The second kappa shape index (κ2) is 10.6. The monoisotopic (exact) mass is 535 g/mol. The molecule has 204 valence electrons. The average Bonchev–Trinajstić information content (AvgIpc) is 3.32. The van der Waals surface area contributed by atoms with Crippen molar-refractivity contribution in [3.63, 3.8) is 0 Å². The number of aromatic amines is 1. The largest absolute Gasteiger partial charge is 0.493 e. The maximum absolute atomic E-state index is 13.6. The molecule has 2 aromatic heterocycles. The van der Waals surface area contributed by atoms with E-state index >= 15 is 0 Å². The number of ether oxygens (including phenoxy) is 2. The molecule has 0 radical (unpaired) electrons. The van der Waals surface area contributed by atoms with E-state index in [1.807, 2.05) is 4.90 Å². The van der Waals surface area contributed by atoms with Gasteiger partial charge in [0, 0.05) is 68.1 Å². The highest BCUT2D eigenvalue weighted by Gasteiger charge is 2.30. The van der Waals surface area contributed by atoms with Crippen molar-refractivity contribution >= 4 is 45.4 Å². The first-order valence-corrected chi connectivity index (χ1v) is 12.5. The molecule has 0 spiro atoms. The van der Waals surface area contributed by atoms with Crippen molar-refractivity contribution in [1.82, 2.24) is 25.2 Å². The zero-order valence-electron chi connectivity index (χ0n) is 22.0. The summed E-state index contributed by atoms with van der Waals surface area (Å²) in [7, 11) is 3.10. The van der Waals surface area contributed by atoms with E-state index < -0.39 is 6.04 Å². The van der Waals surface area contributed by atoms with Gasteiger partial charge in [0.2, 0.25) is 17.8 Å². The summed E-state index contributed by atoms with van der Waals surface area (Å²) in [4.78, 5) is 41.4. The molecule has 2 amide bonds. The number of aromatic nitrogens is 3. The summed E-state index contributed by atoms with van der Waals surface area (Å²) in [5, 5.41) is 4.25. The van der Waals surface area contributed by atoms with Gasteiger partial charge in [-0.25, -0.2) is 9.37 Å². The lowest BCUT2D eigenvalue weighted by atomic mass is 10.0. The number of methoxy groups -OCH3 is 2. The molecular weight excluding hydrogens is 505 g/mol. The van der Waals surface area contributed by atoms with Crippen LogP contribution in [0.4, 0.5) is 16.2 Å². The van der Waals surface area contributed by atoms with Crippen molar-refractivity contribution in [2.75, 3.05) is 51.0 Å². The number of carbonyl (C=O) groups excluding carboxylic acids is 2. The predicted molar refractivity (Wildman–Crippen MR) is 145 cm³/mol. The van der Waals surface area contributed by atoms with Gasteiger partial charge in [-0.3, -0.25) is 9.59 Å². The van der Waals surface area contributed by atoms with Crippen LogP contribution in [-0.2, 0) is 16.0 Å². The van der Waals surface area contributed by atoms with Crippen LogP contribution in [0.2, 0.25) is 0 Å². The molecule has 2 aromatic carbocycles. The van der Waals surface area contributed by atoms with E-state index in [1.165, 1.54) is 19.1 Å². The predicted octanol–water partition coefficient (Wildman–Crippen LogP) is 2.25. The molecule has 1 unspecified atom stereocenters. The van der Waals surface area contributed by atoms with E-state index in [1.54, 1.807) is 43.5 Å². The minimum atomic E-state index is -0.756. The van der Waals surface area contributed by atoms with E-state index in [4.69, 9.17) is 15.2 Å². The van der Waals surface area contributed by atoms with Crippen LogP contribution in [0.3, 0.4) is 0 Å². The number of anilines is 2. The van der Waals surface area contributed by atoms with Crippen LogP contribution < -0.4 is 25.4 Å². The summed E-state index contributed by atoms with van der Waals surface area (Å²) in [6.45, 7) is 3.20. The van der Waals surface area contributed by atoms with Gasteiger partial charge in [0.05, 0.1) is 19.7 Å². The van der Waals surface area contributed by atoms with Gasteiger partial charge < -0.3 is 35.3 Å². The summed E-state index contributed by atoms with van der Waals surface area (Å²) in [6.07, 6.45) is 2.02. The number of nitrogen functional groups attached to an aromatic ring is 1. The molecule has 1 aliphatic heterocycles. The number of nitrogens with two attached hydrogens (primary N) is 1. The van der Waals surface area contributed by atoms with Gasteiger partial charge in [-0.15, -0.1) is 0 Å². The number of carbonyl (C=O) groups is 2. The standard InChI is InChI=1S/C27H30FN7O4/c1-15(36)31-22(10-16-14-30-20-11-17(28)4-5-18(16)20)26(37)34-6-8-35(9-7-34)27-32-21-13-24(39-3)23(38-2)12-19(21)25(29)33-27/h4-5,11-14,22,30H,6-10H2,1-3H3,(H,31,36)(H2,29,32,33). The van der Waals surface area contributed by atoms with Gasteiger partial charge >= 0.3 is 0 Å². The third-order valence-electron chi connectivity index (χ3n) is 6.92. The number of hydrogen-bond acceptors (Lipinski definition) is 8. The Labute approximate surface area is 224 Å². The second-order valence-electron chi connectivity index (χ2n) is 9.41. The molecule has 3 heterocycles. The van der Waals surface area contributed by atoms with Gasteiger partial charge in [0.15, 0.2) is 11.5 Å². The average molecular weight is 536 g/mol. The van der Waals surface area contributed by atoms with Crippen LogP contribution in [0.15, 0.2) is 36.5 Å². The zero-order chi connectivity index (χ0) is 27.7. The van der Waals surface area contributed by atoms with Gasteiger partial charge in [0.25, 0.3) is 0 Å². The smallest absolute Gasteiger partial charge is 0.245 e. The molecule has 1 fully saturated rings. The van der Waals surface area contributed by atoms with E-state index in [9.17, 15) is 14.0 Å². The Kier molecular flexibility index (Phi) is 7.09. The molecule has 5 rings (SSSR count). The number of fused-ring (bicyclic) bond motifs is 2. The van der Waals surface area contributed by atoms with Gasteiger partial charge in [0.1, 0.15) is 17.7 Å². The number of amides is 2. The van der Waals surface area contributed by atoms with Crippen LogP contribution in [0.25, 0.3) is 21.8 Å². The lowest BCUT2D eigenvalue weighted by molar-refractivity contribution is -0.136. The first kappa shape index (κ1) is 26.0. The Hall–Kier alpha value is -4.61. The Balaban J connectivity index is 1.31.